The minimum absolute atomic E-state index is 0.0149. The monoisotopic (exact) mass is 484 g/mol. The maximum atomic E-state index is 13.2. The summed E-state index contributed by atoms with van der Waals surface area (Å²) in [5, 5.41) is 11.5. The largest absolute Gasteiger partial charge is 0.493 e. The lowest BCUT2D eigenvalue weighted by Crippen LogP contribution is -2.17. The van der Waals surface area contributed by atoms with Crippen LogP contribution >= 0.6 is 0 Å². The van der Waals surface area contributed by atoms with Crippen molar-refractivity contribution in [2.45, 2.75) is 6.18 Å². The summed E-state index contributed by atoms with van der Waals surface area (Å²) < 4.78 is 63.0. The number of hydrogen-bond donors (Lipinski definition) is 1. The Labute approximate surface area is 197 Å². The van der Waals surface area contributed by atoms with Crippen molar-refractivity contribution in [3.8, 4) is 17.6 Å². The van der Waals surface area contributed by atoms with Gasteiger partial charge in [0.2, 0.25) is 0 Å². The van der Waals surface area contributed by atoms with E-state index in [1.165, 1.54) is 49.6 Å². The van der Waals surface area contributed by atoms with Crippen molar-refractivity contribution in [2.24, 2.45) is 0 Å². The molecule has 3 rings (SSSR count). The van der Waals surface area contributed by atoms with Gasteiger partial charge in [0.05, 0.1) is 23.9 Å². The van der Waals surface area contributed by atoms with Gasteiger partial charge in [0.25, 0.3) is 5.91 Å². The summed E-state index contributed by atoms with van der Waals surface area (Å²) in [6, 6.07) is 14.8. The molecule has 0 spiro atoms. The molecule has 0 radical (unpaired) electrons. The minimum atomic E-state index is -4.70. The molecule has 0 atom stereocenters. The molecule has 0 fully saturated rings. The number of benzene rings is 3. The Kier molecular flexibility index (Phi) is 7.51. The summed E-state index contributed by atoms with van der Waals surface area (Å²) in [5.74, 6) is -2.24. The average molecular weight is 484 g/mol. The third-order valence-corrected chi connectivity index (χ3v) is 4.63. The van der Waals surface area contributed by atoms with E-state index in [4.69, 9.17) is 9.47 Å². The number of alkyl halides is 3. The van der Waals surface area contributed by atoms with E-state index in [1.807, 2.05) is 0 Å². The summed E-state index contributed by atoms with van der Waals surface area (Å²) in [6.07, 6.45) is -3.56. The van der Waals surface area contributed by atoms with Crippen molar-refractivity contribution >= 4 is 23.6 Å². The molecule has 1 N–H and O–H groups in total. The number of carbonyl (C=O) groups excluding carboxylic acids is 2. The van der Waals surface area contributed by atoms with Crippen LogP contribution in [0.2, 0.25) is 0 Å². The first-order valence-corrected chi connectivity index (χ1v) is 9.87. The Balaban J connectivity index is 1.82. The van der Waals surface area contributed by atoms with Gasteiger partial charge in [-0.3, -0.25) is 4.79 Å². The van der Waals surface area contributed by atoms with Crippen LogP contribution in [0.4, 0.5) is 23.2 Å². The molecule has 0 saturated heterocycles. The van der Waals surface area contributed by atoms with Crippen LogP contribution in [-0.2, 0) is 11.0 Å². The van der Waals surface area contributed by atoms with Gasteiger partial charge in [0.1, 0.15) is 17.5 Å². The van der Waals surface area contributed by atoms with Gasteiger partial charge in [-0.25, -0.2) is 9.18 Å². The van der Waals surface area contributed by atoms with Crippen LogP contribution in [0.25, 0.3) is 6.08 Å². The highest BCUT2D eigenvalue weighted by Crippen LogP contribution is 2.35. The maximum absolute atomic E-state index is 13.2. The number of halogens is 4. The van der Waals surface area contributed by atoms with Gasteiger partial charge in [-0.2, -0.15) is 18.4 Å². The van der Waals surface area contributed by atoms with Crippen molar-refractivity contribution in [3.05, 3.63) is 94.8 Å². The molecule has 1 amide bonds. The molecule has 0 aromatic heterocycles. The zero-order valence-corrected chi connectivity index (χ0v) is 18.0. The van der Waals surface area contributed by atoms with Crippen LogP contribution < -0.4 is 14.8 Å². The highest BCUT2D eigenvalue weighted by Gasteiger charge is 2.33. The summed E-state index contributed by atoms with van der Waals surface area (Å²) >= 11 is 0. The third kappa shape index (κ3) is 6.23. The van der Waals surface area contributed by atoms with E-state index < -0.39 is 40.7 Å². The van der Waals surface area contributed by atoms with Crippen LogP contribution in [0.5, 0.6) is 11.5 Å². The normalized spacial score (nSPS) is 11.4. The molecule has 0 heterocycles. The number of esters is 1. The quantitative estimate of drug-likeness (QED) is 0.161. The molecular weight excluding hydrogens is 468 g/mol. The molecule has 35 heavy (non-hydrogen) atoms. The number of nitrogens with one attached hydrogen (secondary N) is 1. The standard InChI is InChI=1S/C25H16F4N2O4/c1-34-22-13-15(6-11-21(22)35-24(33)16-7-9-18(26)10-8-16)12-17(14-30)23(32)31-20-5-3-2-4-19(20)25(27,28)29/h2-13H,1H3,(H,31,32)/b17-12+. The van der Waals surface area contributed by atoms with Crippen molar-refractivity contribution < 1.29 is 36.6 Å². The second-order valence-corrected chi connectivity index (χ2v) is 6.97. The number of anilines is 1. The summed E-state index contributed by atoms with van der Waals surface area (Å²) in [7, 11) is 1.30. The summed E-state index contributed by atoms with van der Waals surface area (Å²) in [4.78, 5) is 24.8. The lowest BCUT2D eigenvalue weighted by atomic mass is 10.1. The van der Waals surface area contributed by atoms with Crippen LogP contribution in [0, 0.1) is 17.1 Å². The third-order valence-electron chi connectivity index (χ3n) is 4.63. The van der Waals surface area contributed by atoms with E-state index in [-0.39, 0.29) is 22.6 Å². The number of carbonyl (C=O) groups is 2. The Morgan fingerprint density at radius 3 is 2.31 bits per heavy atom. The van der Waals surface area contributed by atoms with Crippen LogP contribution in [0.3, 0.4) is 0 Å². The number of ether oxygens (including phenoxy) is 2. The fourth-order valence-electron chi connectivity index (χ4n) is 2.95. The molecule has 0 unspecified atom stereocenters. The molecule has 3 aromatic rings. The Morgan fingerprint density at radius 2 is 1.69 bits per heavy atom. The van der Waals surface area contributed by atoms with E-state index in [1.54, 1.807) is 6.07 Å². The molecule has 178 valence electrons. The van der Waals surface area contributed by atoms with E-state index in [2.05, 4.69) is 5.32 Å². The Morgan fingerprint density at radius 1 is 1.00 bits per heavy atom. The Bertz CT molecular complexity index is 1330. The van der Waals surface area contributed by atoms with Gasteiger partial charge in [0.15, 0.2) is 11.5 Å². The zero-order valence-electron chi connectivity index (χ0n) is 18.0. The second kappa shape index (κ2) is 10.5. The molecule has 10 heteroatoms. The highest BCUT2D eigenvalue weighted by atomic mass is 19.4. The van der Waals surface area contributed by atoms with Gasteiger partial charge in [0, 0.05) is 0 Å². The van der Waals surface area contributed by atoms with Crippen molar-refractivity contribution in [1.82, 2.24) is 0 Å². The second-order valence-electron chi connectivity index (χ2n) is 6.97. The van der Waals surface area contributed by atoms with Crippen molar-refractivity contribution in [1.29, 1.82) is 5.26 Å². The van der Waals surface area contributed by atoms with E-state index >= 15 is 0 Å². The fourth-order valence-corrected chi connectivity index (χ4v) is 2.95. The number of rotatable bonds is 6. The lowest BCUT2D eigenvalue weighted by Gasteiger charge is -2.13. The van der Waals surface area contributed by atoms with E-state index in [9.17, 15) is 32.4 Å². The zero-order chi connectivity index (χ0) is 25.6. The number of amides is 1. The van der Waals surface area contributed by atoms with Crippen LogP contribution in [0.1, 0.15) is 21.5 Å². The number of methoxy groups -OCH3 is 1. The first-order chi connectivity index (χ1) is 16.6. The first kappa shape index (κ1) is 25.0. The lowest BCUT2D eigenvalue weighted by molar-refractivity contribution is -0.137. The van der Waals surface area contributed by atoms with Gasteiger partial charge >= 0.3 is 12.1 Å². The summed E-state index contributed by atoms with van der Waals surface area (Å²) in [5.41, 5.74) is -1.65. The first-order valence-electron chi connectivity index (χ1n) is 9.87. The molecule has 0 saturated carbocycles. The SMILES string of the molecule is COc1cc(/C=C(\C#N)C(=O)Nc2ccccc2C(F)(F)F)ccc1OC(=O)c1ccc(F)cc1. The van der Waals surface area contributed by atoms with Crippen molar-refractivity contribution in [3.63, 3.8) is 0 Å². The number of nitriles is 1. The van der Waals surface area contributed by atoms with Gasteiger partial charge in [-0.15, -0.1) is 0 Å². The van der Waals surface area contributed by atoms with Gasteiger partial charge in [-0.1, -0.05) is 18.2 Å². The molecule has 0 aliphatic heterocycles. The topological polar surface area (TPSA) is 88.4 Å². The number of nitrogens with zero attached hydrogens (tertiary/aromatic N) is 1. The average Bonchev–Trinajstić information content (AvgIpc) is 2.83. The van der Waals surface area contributed by atoms with Gasteiger partial charge in [-0.05, 0) is 60.2 Å². The predicted molar refractivity (Wildman–Crippen MR) is 118 cm³/mol. The minimum Gasteiger partial charge on any atom is -0.493 e. The molecule has 0 aliphatic rings. The molecule has 0 aliphatic carbocycles. The molecule has 6 nitrogen and oxygen atoms in total. The van der Waals surface area contributed by atoms with Gasteiger partial charge < -0.3 is 14.8 Å². The van der Waals surface area contributed by atoms with Crippen LogP contribution in [0.15, 0.2) is 72.3 Å². The molecule has 0 bridgehead atoms. The van der Waals surface area contributed by atoms with E-state index in [0.29, 0.717) is 0 Å². The maximum Gasteiger partial charge on any atom is 0.418 e. The van der Waals surface area contributed by atoms with E-state index in [0.717, 1.165) is 30.3 Å². The highest BCUT2D eigenvalue weighted by molar-refractivity contribution is 6.10. The molecular formula is C25H16F4N2O4. The van der Waals surface area contributed by atoms with Crippen LogP contribution in [-0.4, -0.2) is 19.0 Å². The molecule has 3 aromatic carbocycles. The number of para-hydroxylation sites is 1. The summed E-state index contributed by atoms with van der Waals surface area (Å²) in [6.45, 7) is 0. The fraction of sp³-hybridized carbons (Fsp3) is 0.0800. The Hall–Kier alpha value is -4.65. The number of hydrogen-bond acceptors (Lipinski definition) is 5. The predicted octanol–water partition coefficient (Wildman–Crippen LogP) is 5.62. The van der Waals surface area contributed by atoms with Crippen molar-refractivity contribution in [2.75, 3.05) is 12.4 Å². The smallest absolute Gasteiger partial charge is 0.418 e.